The first-order chi connectivity index (χ1) is 12.2. The minimum atomic E-state index is -0.186. The minimum absolute atomic E-state index is 0.186. The Morgan fingerprint density at radius 2 is 2.12 bits per heavy atom. The predicted octanol–water partition coefficient (Wildman–Crippen LogP) is 1.97. The van der Waals surface area contributed by atoms with Crippen LogP contribution in [0.4, 0.5) is 10.5 Å². The van der Waals surface area contributed by atoms with Crippen LogP contribution in [0.2, 0.25) is 0 Å². The van der Waals surface area contributed by atoms with Gasteiger partial charge in [0, 0.05) is 18.3 Å². The van der Waals surface area contributed by atoms with Crippen molar-refractivity contribution in [2.75, 3.05) is 25.0 Å². The number of benzene rings is 1. The van der Waals surface area contributed by atoms with Crippen molar-refractivity contribution in [3.8, 4) is 5.69 Å². The molecule has 1 aliphatic heterocycles. The molecule has 2 heterocycles. The molecule has 2 aromatic rings. The molecule has 134 valence electrons. The lowest BCUT2D eigenvalue weighted by Gasteiger charge is -2.26. The fraction of sp³-hybridized carbons (Fsp3) is 0.529. The summed E-state index contributed by atoms with van der Waals surface area (Å²) >= 11 is 0. The Hall–Kier alpha value is -2.48. The molecule has 0 spiro atoms. The maximum absolute atomic E-state index is 12.3. The van der Waals surface area contributed by atoms with Crippen LogP contribution < -0.4 is 10.6 Å². The number of hydrogen-bond acceptors (Lipinski definition) is 5. The number of nitrogens with one attached hydrogen (secondary N) is 2. The SMILES string of the molecule is CCC(CNC(=O)Nc1cc(-n2cnnn2)ccc1C)N1CCCC1. The zero-order chi connectivity index (χ0) is 17.6. The molecule has 1 fully saturated rings. The average Bonchev–Trinajstić information content (AvgIpc) is 3.31. The number of anilines is 1. The number of aromatic nitrogens is 4. The van der Waals surface area contributed by atoms with Crippen LogP contribution in [0, 0.1) is 6.92 Å². The molecule has 8 heteroatoms. The van der Waals surface area contributed by atoms with Gasteiger partial charge in [0.2, 0.25) is 0 Å². The Bertz CT molecular complexity index is 695. The van der Waals surface area contributed by atoms with Crippen molar-refractivity contribution in [2.45, 2.75) is 39.2 Å². The number of hydrogen-bond donors (Lipinski definition) is 2. The molecule has 1 aromatic heterocycles. The second kappa shape index (κ2) is 8.06. The molecular weight excluding hydrogens is 318 g/mol. The van der Waals surface area contributed by atoms with Crippen molar-refractivity contribution in [1.29, 1.82) is 0 Å². The highest BCUT2D eigenvalue weighted by Gasteiger charge is 2.20. The van der Waals surface area contributed by atoms with Gasteiger partial charge in [0.25, 0.3) is 0 Å². The summed E-state index contributed by atoms with van der Waals surface area (Å²) in [7, 11) is 0. The standard InChI is InChI=1S/C17H25N7O/c1-3-14(23-8-4-5-9-23)11-18-17(25)20-16-10-15(7-6-13(16)2)24-12-19-21-22-24/h6-7,10,12,14H,3-5,8-9,11H2,1-2H3,(H2,18,20,25). The van der Waals surface area contributed by atoms with E-state index in [2.05, 4.69) is 38.0 Å². The van der Waals surface area contributed by atoms with E-state index in [1.165, 1.54) is 19.2 Å². The predicted molar refractivity (Wildman–Crippen MR) is 95.8 cm³/mol. The van der Waals surface area contributed by atoms with Crippen molar-refractivity contribution in [3.63, 3.8) is 0 Å². The molecular formula is C17H25N7O. The van der Waals surface area contributed by atoms with E-state index < -0.39 is 0 Å². The number of carbonyl (C=O) groups is 1. The summed E-state index contributed by atoms with van der Waals surface area (Å²) in [6.45, 7) is 7.05. The molecule has 3 rings (SSSR count). The molecule has 1 aromatic carbocycles. The van der Waals surface area contributed by atoms with E-state index in [0.717, 1.165) is 36.4 Å². The van der Waals surface area contributed by atoms with Gasteiger partial charge in [-0.15, -0.1) is 5.10 Å². The Labute approximate surface area is 147 Å². The Balaban J connectivity index is 1.59. The summed E-state index contributed by atoms with van der Waals surface area (Å²) < 4.78 is 1.56. The zero-order valence-electron chi connectivity index (χ0n) is 14.8. The Morgan fingerprint density at radius 1 is 1.32 bits per heavy atom. The van der Waals surface area contributed by atoms with Crippen LogP contribution in [-0.4, -0.2) is 56.8 Å². The third kappa shape index (κ3) is 4.33. The number of amides is 2. The van der Waals surface area contributed by atoms with Crippen molar-refractivity contribution in [3.05, 3.63) is 30.1 Å². The molecule has 0 radical (unpaired) electrons. The van der Waals surface area contributed by atoms with Crippen LogP contribution in [-0.2, 0) is 0 Å². The molecule has 1 atom stereocenters. The lowest BCUT2D eigenvalue weighted by atomic mass is 10.2. The van der Waals surface area contributed by atoms with E-state index in [1.54, 1.807) is 4.68 Å². The lowest BCUT2D eigenvalue weighted by molar-refractivity contribution is 0.222. The van der Waals surface area contributed by atoms with E-state index in [4.69, 9.17) is 0 Å². The van der Waals surface area contributed by atoms with Gasteiger partial charge in [-0.3, -0.25) is 4.90 Å². The van der Waals surface area contributed by atoms with Gasteiger partial charge in [-0.2, -0.15) is 0 Å². The number of likely N-dealkylation sites (tertiary alicyclic amines) is 1. The van der Waals surface area contributed by atoms with Crippen LogP contribution >= 0.6 is 0 Å². The van der Waals surface area contributed by atoms with Crippen LogP contribution in [0.15, 0.2) is 24.5 Å². The third-order valence-electron chi connectivity index (χ3n) is 4.71. The van der Waals surface area contributed by atoms with E-state index in [0.29, 0.717) is 12.6 Å². The first-order valence-corrected chi connectivity index (χ1v) is 8.80. The summed E-state index contributed by atoms with van der Waals surface area (Å²) in [5, 5.41) is 17.1. The smallest absolute Gasteiger partial charge is 0.319 e. The number of tetrazole rings is 1. The third-order valence-corrected chi connectivity index (χ3v) is 4.71. The molecule has 0 aliphatic carbocycles. The van der Waals surface area contributed by atoms with Crippen LogP contribution in [0.5, 0.6) is 0 Å². The molecule has 2 amide bonds. The molecule has 1 aliphatic rings. The van der Waals surface area contributed by atoms with Gasteiger partial charge in [-0.25, -0.2) is 9.48 Å². The number of urea groups is 1. The molecule has 1 saturated heterocycles. The van der Waals surface area contributed by atoms with Gasteiger partial charge in [0.15, 0.2) is 0 Å². The number of carbonyl (C=O) groups excluding carboxylic acids is 1. The average molecular weight is 343 g/mol. The van der Waals surface area contributed by atoms with Crippen molar-refractivity contribution < 1.29 is 4.79 Å². The summed E-state index contributed by atoms with van der Waals surface area (Å²) in [5.41, 5.74) is 2.53. The molecule has 1 unspecified atom stereocenters. The quantitative estimate of drug-likeness (QED) is 0.837. The summed E-state index contributed by atoms with van der Waals surface area (Å²) in [6.07, 6.45) is 5.07. The second-order valence-electron chi connectivity index (χ2n) is 6.39. The van der Waals surface area contributed by atoms with Gasteiger partial charge >= 0.3 is 6.03 Å². The minimum Gasteiger partial charge on any atom is -0.336 e. The van der Waals surface area contributed by atoms with Gasteiger partial charge in [-0.1, -0.05) is 13.0 Å². The zero-order valence-corrected chi connectivity index (χ0v) is 14.8. The first kappa shape index (κ1) is 17.3. The van der Waals surface area contributed by atoms with E-state index >= 15 is 0 Å². The van der Waals surface area contributed by atoms with Crippen LogP contribution in [0.3, 0.4) is 0 Å². The first-order valence-electron chi connectivity index (χ1n) is 8.80. The largest absolute Gasteiger partial charge is 0.336 e. The molecule has 2 N–H and O–H groups in total. The highest BCUT2D eigenvalue weighted by Crippen LogP contribution is 2.19. The normalized spacial score (nSPS) is 15.9. The molecule has 8 nitrogen and oxygen atoms in total. The highest BCUT2D eigenvalue weighted by molar-refractivity contribution is 5.90. The fourth-order valence-corrected chi connectivity index (χ4v) is 3.18. The monoisotopic (exact) mass is 343 g/mol. The van der Waals surface area contributed by atoms with Gasteiger partial charge < -0.3 is 10.6 Å². The second-order valence-corrected chi connectivity index (χ2v) is 6.39. The molecule has 0 saturated carbocycles. The van der Waals surface area contributed by atoms with Crippen molar-refractivity contribution >= 4 is 11.7 Å². The lowest BCUT2D eigenvalue weighted by Crippen LogP contribution is -2.43. The van der Waals surface area contributed by atoms with E-state index in [-0.39, 0.29) is 6.03 Å². The van der Waals surface area contributed by atoms with E-state index in [9.17, 15) is 4.79 Å². The van der Waals surface area contributed by atoms with Gasteiger partial charge in [0.1, 0.15) is 6.33 Å². The summed E-state index contributed by atoms with van der Waals surface area (Å²) in [6, 6.07) is 5.93. The highest BCUT2D eigenvalue weighted by atomic mass is 16.2. The van der Waals surface area contributed by atoms with E-state index in [1.807, 2.05) is 25.1 Å². The summed E-state index contributed by atoms with van der Waals surface area (Å²) in [5.74, 6) is 0. The Kier molecular flexibility index (Phi) is 5.60. The number of aryl methyl sites for hydroxylation is 1. The number of rotatable bonds is 6. The van der Waals surface area contributed by atoms with Crippen LogP contribution in [0.1, 0.15) is 31.7 Å². The topological polar surface area (TPSA) is 88.0 Å². The fourth-order valence-electron chi connectivity index (χ4n) is 3.18. The summed E-state index contributed by atoms with van der Waals surface area (Å²) in [4.78, 5) is 14.8. The number of nitrogens with zero attached hydrogens (tertiary/aromatic N) is 5. The van der Waals surface area contributed by atoms with Crippen LogP contribution in [0.25, 0.3) is 5.69 Å². The van der Waals surface area contributed by atoms with Gasteiger partial charge in [-0.05, 0) is 67.4 Å². The maximum atomic E-state index is 12.3. The van der Waals surface area contributed by atoms with Crippen molar-refractivity contribution in [2.24, 2.45) is 0 Å². The van der Waals surface area contributed by atoms with Gasteiger partial charge in [0.05, 0.1) is 5.69 Å². The Morgan fingerprint density at radius 3 is 2.80 bits per heavy atom. The molecule has 25 heavy (non-hydrogen) atoms. The maximum Gasteiger partial charge on any atom is 0.319 e. The molecule has 0 bridgehead atoms. The van der Waals surface area contributed by atoms with Crippen molar-refractivity contribution in [1.82, 2.24) is 30.4 Å².